The minimum atomic E-state index is -0.881. The van der Waals surface area contributed by atoms with Crippen molar-refractivity contribution >= 4 is 17.4 Å². The van der Waals surface area contributed by atoms with Gasteiger partial charge in [-0.2, -0.15) is 0 Å². The molecule has 1 aromatic heterocycles. The molecule has 0 spiro atoms. The van der Waals surface area contributed by atoms with Gasteiger partial charge in [-0.15, -0.1) is 0 Å². The van der Waals surface area contributed by atoms with E-state index in [1.165, 1.54) is 18.3 Å². The molecule has 1 saturated heterocycles. The van der Waals surface area contributed by atoms with Crippen LogP contribution in [0.1, 0.15) is 63.0 Å². The van der Waals surface area contributed by atoms with E-state index in [4.69, 9.17) is 18.6 Å². The van der Waals surface area contributed by atoms with Crippen LogP contribution in [0, 0.1) is 5.92 Å². The Morgan fingerprint density at radius 1 is 1.02 bits per heavy atom. The van der Waals surface area contributed by atoms with Crippen molar-refractivity contribution in [3.05, 3.63) is 83.3 Å². The highest BCUT2D eigenvalue weighted by Crippen LogP contribution is 2.43. The number of hydrogen-bond acceptors (Lipinski definition) is 7. The Bertz CT molecular complexity index is 1340. The molecule has 1 atom stereocenters. The maximum absolute atomic E-state index is 13.4. The first-order valence-electron chi connectivity index (χ1n) is 13.7. The molecule has 0 saturated carbocycles. The van der Waals surface area contributed by atoms with Gasteiger partial charge in [-0.25, -0.2) is 0 Å². The Kier molecular flexibility index (Phi) is 9.53. The number of unbranched alkanes of at least 4 members (excludes halogenated alkanes) is 1. The molecule has 1 unspecified atom stereocenters. The van der Waals surface area contributed by atoms with Gasteiger partial charge in [-0.05, 0) is 60.7 Å². The van der Waals surface area contributed by atoms with Crippen LogP contribution in [0.5, 0.6) is 17.2 Å². The zero-order chi connectivity index (χ0) is 28.6. The number of aliphatic hydroxyl groups excluding tert-OH is 1. The number of Topliss-reactive ketones (excluding diaryl/α,β-unsaturated/α-hetero) is 1. The molecule has 0 aliphatic carbocycles. The van der Waals surface area contributed by atoms with E-state index in [0.29, 0.717) is 53.3 Å². The number of benzene rings is 2. The summed E-state index contributed by atoms with van der Waals surface area (Å²) in [6.07, 6.45) is 4.28. The van der Waals surface area contributed by atoms with Gasteiger partial charge < -0.3 is 28.6 Å². The van der Waals surface area contributed by atoms with Gasteiger partial charge in [0.2, 0.25) is 0 Å². The molecular formula is C32H37NO7. The third-order valence-electron chi connectivity index (χ3n) is 6.78. The van der Waals surface area contributed by atoms with E-state index in [0.717, 1.165) is 19.3 Å². The molecule has 40 heavy (non-hydrogen) atoms. The molecular weight excluding hydrogens is 510 g/mol. The van der Waals surface area contributed by atoms with Crippen LogP contribution in [0.25, 0.3) is 5.76 Å². The molecule has 0 radical (unpaired) electrons. The topological polar surface area (TPSA) is 98.4 Å². The Morgan fingerprint density at radius 2 is 1.85 bits per heavy atom. The zero-order valence-corrected chi connectivity index (χ0v) is 23.5. The number of ketones is 1. The summed E-state index contributed by atoms with van der Waals surface area (Å²) in [7, 11) is 1.54. The molecule has 1 fully saturated rings. The number of likely N-dealkylation sites (tertiary alicyclic amines) is 1. The highest BCUT2D eigenvalue weighted by molar-refractivity contribution is 6.46. The van der Waals surface area contributed by atoms with Crippen molar-refractivity contribution in [1.29, 1.82) is 0 Å². The number of carbonyl (C=O) groups is 2. The van der Waals surface area contributed by atoms with Crippen LogP contribution in [0.3, 0.4) is 0 Å². The van der Waals surface area contributed by atoms with E-state index in [2.05, 4.69) is 20.8 Å². The Labute approximate surface area is 235 Å². The first-order valence-corrected chi connectivity index (χ1v) is 13.7. The van der Waals surface area contributed by atoms with Gasteiger partial charge >= 0.3 is 0 Å². The molecule has 1 amide bonds. The number of methoxy groups -OCH3 is 1. The minimum absolute atomic E-state index is 0.0159. The van der Waals surface area contributed by atoms with Crippen molar-refractivity contribution in [2.24, 2.45) is 5.92 Å². The van der Waals surface area contributed by atoms with Crippen molar-refractivity contribution < 1.29 is 33.3 Å². The van der Waals surface area contributed by atoms with E-state index >= 15 is 0 Å². The van der Waals surface area contributed by atoms with E-state index < -0.39 is 17.7 Å². The SMILES string of the molecule is CCCCOc1cccc(C(O)=C2C(=O)C(=O)N(Cc3ccco3)C2c2ccc(OCCC(C)C)c(OC)c2)c1. The predicted octanol–water partition coefficient (Wildman–Crippen LogP) is 6.51. The first-order chi connectivity index (χ1) is 19.3. The summed E-state index contributed by atoms with van der Waals surface area (Å²) in [5, 5.41) is 11.5. The van der Waals surface area contributed by atoms with Gasteiger partial charge in [-0.3, -0.25) is 9.59 Å². The van der Waals surface area contributed by atoms with Crippen LogP contribution in [0.4, 0.5) is 0 Å². The second-order valence-corrected chi connectivity index (χ2v) is 10.2. The second-order valence-electron chi connectivity index (χ2n) is 10.2. The van der Waals surface area contributed by atoms with Crippen molar-refractivity contribution in [2.45, 2.75) is 52.6 Å². The lowest BCUT2D eigenvalue weighted by Crippen LogP contribution is -2.29. The predicted molar refractivity (Wildman–Crippen MR) is 151 cm³/mol. The number of hydrogen-bond donors (Lipinski definition) is 1. The average Bonchev–Trinajstić information content (AvgIpc) is 3.55. The Morgan fingerprint density at radius 3 is 2.55 bits per heavy atom. The van der Waals surface area contributed by atoms with Gasteiger partial charge in [0.1, 0.15) is 17.3 Å². The van der Waals surface area contributed by atoms with E-state index in [9.17, 15) is 14.7 Å². The largest absolute Gasteiger partial charge is 0.507 e. The maximum atomic E-state index is 13.4. The minimum Gasteiger partial charge on any atom is -0.507 e. The molecule has 1 aliphatic rings. The lowest BCUT2D eigenvalue weighted by Gasteiger charge is -2.25. The fourth-order valence-electron chi connectivity index (χ4n) is 4.56. The highest BCUT2D eigenvalue weighted by Gasteiger charge is 2.46. The summed E-state index contributed by atoms with van der Waals surface area (Å²) >= 11 is 0. The highest BCUT2D eigenvalue weighted by atomic mass is 16.5. The third-order valence-corrected chi connectivity index (χ3v) is 6.78. The molecule has 8 nitrogen and oxygen atoms in total. The van der Waals surface area contributed by atoms with Gasteiger partial charge in [0.25, 0.3) is 11.7 Å². The lowest BCUT2D eigenvalue weighted by molar-refractivity contribution is -0.140. The number of nitrogens with zero attached hydrogens (tertiary/aromatic N) is 1. The molecule has 1 N–H and O–H groups in total. The molecule has 1 aliphatic heterocycles. The molecule has 2 heterocycles. The fraction of sp³-hybridized carbons (Fsp3) is 0.375. The zero-order valence-electron chi connectivity index (χ0n) is 23.5. The molecule has 4 rings (SSSR count). The molecule has 0 bridgehead atoms. The summed E-state index contributed by atoms with van der Waals surface area (Å²) in [6, 6.07) is 14.8. The number of amides is 1. The normalized spacial score (nSPS) is 16.5. The Balaban J connectivity index is 1.77. The van der Waals surface area contributed by atoms with Crippen LogP contribution in [-0.4, -0.2) is 42.0 Å². The average molecular weight is 548 g/mol. The van der Waals surface area contributed by atoms with Crippen molar-refractivity contribution in [2.75, 3.05) is 20.3 Å². The molecule has 8 heteroatoms. The summed E-state index contributed by atoms with van der Waals surface area (Å²) in [4.78, 5) is 28.2. The number of furan rings is 1. The van der Waals surface area contributed by atoms with Crippen LogP contribution < -0.4 is 14.2 Å². The lowest BCUT2D eigenvalue weighted by atomic mass is 9.95. The van der Waals surface area contributed by atoms with Crippen LogP contribution in [0.15, 0.2) is 70.9 Å². The third kappa shape index (κ3) is 6.50. The maximum Gasteiger partial charge on any atom is 0.296 e. The standard InChI is InChI=1S/C32H37NO7/c1-5-6-15-38-24-10-7-9-23(18-24)30(34)28-29(33(32(36)31(28)35)20-25-11-8-16-39-25)22-12-13-26(27(19-22)37-4)40-17-14-21(2)3/h7-13,16,18-19,21,29,34H,5-6,14-15,17,20H2,1-4H3. The van der Waals surface area contributed by atoms with E-state index in [-0.39, 0.29) is 17.9 Å². The summed E-state index contributed by atoms with van der Waals surface area (Å²) in [6.45, 7) is 7.44. The first kappa shape index (κ1) is 28.8. The van der Waals surface area contributed by atoms with Crippen LogP contribution >= 0.6 is 0 Å². The molecule has 3 aromatic rings. The summed E-state index contributed by atoms with van der Waals surface area (Å²) < 4.78 is 22.8. The second kappa shape index (κ2) is 13.2. The van der Waals surface area contributed by atoms with Crippen molar-refractivity contribution in [3.8, 4) is 17.2 Å². The van der Waals surface area contributed by atoms with Gasteiger partial charge in [0, 0.05) is 5.56 Å². The monoisotopic (exact) mass is 547 g/mol. The fourth-order valence-corrected chi connectivity index (χ4v) is 4.56. The van der Waals surface area contributed by atoms with Crippen LogP contribution in [-0.2, 0) is 16.1 Å². The van der Waals surface area contributed by atoms with E-state index in [1.54, 1.807) is 54.6 Å². The van der Waals surface area contributed by atoms with Crippen molar-refractivity contribution in [3.63, 3.8) is 0 Å². The summed E-state index contributed by atoms with van der Waals surface area (Å²) in [5.74, 6) is 0.826. The van der Waals surface area contributed by atoms with Gasteiger partial charge in [0.05, 0.1) is 44.7 Å². The van der Waals surface area contributed by atoms with Crippen LogP contribution in [0.2, 0.25) is 0 Å². The quantitative estimate of drug-likeness (QED) is 0.113. The number of carbonyl (C=O) groups excluding carboxylic acids is 2. The van der Waals surface area contributed by atoms with Gasteiger partial charge in [0.15, 0.2) is 11.5 Å². The number of aliphatic hydroxyl groups is 1. The Hall–Kier alpha value is -4.20. The number of rotatable bonds is 13. The summed E-state index contributed by atoms with van der Waals surface area (Å²) in [5.41, 5.74) is 0.962. The van der Waals surface area contributed by atoms with Crippen molar-refractivity contribution in [1.82, 2.24) is 4.90 Å². The van der Waals surface area contributed by atoms with E-state index in [1.807, 2.05) is 0 Å². The molecule has 2 aromatic carbocycles. The van der Waals surface area contributed by atoms with Gasteiger partial charge in [-0.1, -0.05) is 45.4 Å². The number of ether oxygens (including phenoxy) is 3. The smallest absolute Gasteiger partial charge is 0.296 e. The molecule has 212 valence electrons.